The fourth-order valence-electron chi connectivity index (χ4n) is 1.44. The highest BCUT2D eigenvalue weighted by molar-refractivity contribution is 5.01. The molecule has 1 nitrogen and oxygen atoms in total. The Labute approximate surface area is 44.1 Å². The molecule has 2 rings (SSSR count). The van der Waals surface area contributed by atoms with Gasteiger partial charge >= 0.3 is 0 Å². The molecule has 1 aliphatic carbocycles. The van der Waals surface area contributed by atoms with E-state index < -0.39 is 0 Å². The third-order valence-corrected chi connectivity index (χ3v) is 2.13. The van der Waals surface area contributed by atoms with Crippen molar-refractivity contribution < 1.29 is 0 Å². The lowest BCUT2D eigenvalue weighted by Gasteiger charge is -2.27. The monoisotopic (exact) mass is 96.1 g/mol. The number of hydrogen-bond donors (Lipinski definition) is 1. The van der Waals surface area contributed by atoms with Crippen LogP contribution in [0.4, 0.5) is 0 Å². The second-order valence-corrected chi connectivity index (χ2v) is 2.55. The summed E-state index contributed by atoms with van der Waals surface area (Å²) in [7, 11) is 0. The molecule has 0 aromatic rings. The molecule has 1 saturated heterocycles. The zero-order valence-corrected chi connectivity index (χ0v) is 4.35. The Morgan fingerprint density at radius 3 is 2.71 bits per heavy atom. The third kappa shape index (κ3) is 0.418. The van der Waals surface area contributed by atoms with Crippen LogP contribution < -0.4 is 5.32 Å². The van der Waals surface area contributed by atoms with E-state index in [1.165, 1.54) is 19.5 Å². The average Bonchev–Trinajstić information content (AvgIpc) is 1.85. The molecule has 1 N–H and O–H groups in total. The second kappa shape index (κ2) is 1.22. The minimum Gasteiger partial charge on any atom is -0.316 e. The molecule has 0 amide bonds. The van der Waals surface area contributed by atoms with Crippen LogP contribution in [0.3, 0.4) is 0 Å². The zero-order chi connectivity index (χ0) is 4.69. The standard InChI is InChI=1S/C6H10N/c1-2-6-4-7-3-5(1)6/h1,5-7H,2-4H2. The molecule has 39 valence electrons. The molecule has 0 aromatic heterocycles. The lowest BCUT2D eigenvalue weighted by Crippen LogP contribution is -2.23. The summed E-state index contributed by atoms with van der Waals surface area (Å²) in [6, 6.07) is 0. The van der Waals surface area contributed by atoms with Crippen LogP contribution in [0.2, 0.25) is 0 Å². The van der Waals surface area contributed by atoms with Gasteiger partial charge in [0, 0.05) is 0 Å². The maximum Gasteiger partial charge on any atom is -0.00145 e. The first-order chi connectivity index (χ1) is 3.47. The highest BCUT2D eigenvalue weighted by Gasteiger charge is 2.34. The zero-order valence-electron chi connectivity index (χ0n) is 4.35. The molecule has 2 aliphatic rings. The minimum absolute atomic E-state index is 0.958. The molecular weight excluding hydrogens is 86.1 g/mol. The van der Waals surface area contributed by atoms with Crippen LogP contribution in [0.15, 0.2) is 0 Å². The Balaban J connectivity index is 2.03. The second-order valence-electron chi connectivity index (χ2n) is 2.55. The van der Waals surface area contributed by atoms with Crippen molar-refractivity contribution in [3.05, 3.63) is 6.42 Å². The van der Waals surface area contributed by atoms with Crippen LogP contribution >= 0.6 is 0 Å². The first-order valence-corrected chi connectivity index (χ1v) is 3.01. The van der Waals surface area contributed by atoms with Gasteiger partial charge in [0.25, 0.3) is 0 Å². The lowest BCUT2D eigenvalue weighted by molar-refractivity contribution is 0.345. The Hall–Kier alpha value is -0.0400. The summed E-state index contributed by atoms with van der Waals surface area (Å²) in [4.78, 5) is 0. The molecule has 1 aliphatic heterocycles. The Kier molecular flexibility index (Phi) is 0.680. The van der Waals surface area contributed by atoms with Gasteiger partial charge in [-0.25, -0.2) is 0 Å². The predicted octanol–water partition coefficient (Wildman–Crippen LogP) is 0.430. The van der Waals surface area contributed by atoms with E-state index in [9.17, 15) is 0 Å². The van der Waals surface area contributed by atoms with Crippen molar-refractivity contribution in [3.8, 4) is 0 Å². The molecule has 2 unspecified atom stereocenters. The van der Waals surface area contributed by atoms with E-state index in [4.69, 9.17) is 0 Å². The predicted molar refractivity (Wildman–Crippen MR) is 28.8 cm³/mol. The molecule has 1 saturated carbocycles. The van der Waals surface area contributed by atoms with Gasteiger partial charge in [-0.05, 0) is 37.8 Å². The smallest absolute Gasteiger partial charge is 0.00145 e. The number of hydrogen-bond acceptors (Lipinski definition) is 1. The van der Waals surface area contributed by atoms with Gasteiger partial charge < -0.3 is 5.32 Å². The van der Waals surface area contributed by atoms with Crippen molar-refractivity contribution in [1.29, 1.82) is 0 Å². The molecule has 0 spiro atoms. The van der Waals surface area contributed by atoms with Crippen molar-refractivity contribution in [2.45, 2.75) is 6.42 Å². The highest BCUT2D eigenvalue weighted by Crippen LogP contribution is 2.35. The van der Waals surface area contributed by atoms with Crippen LogP contribution in [0.25, 0.3) is 0 Å². The number of rotatable bonds is 0. The van der Waals surface area contributed by atoms with Gasteiger partial charge in [-0.2, -0.15) is 0 Å². The normalized spacial score (nSPS) is 48.0. The molecule has 0 bridgehead atoms. The molecule has 1 heteroatoms. The van der Waals surface area contributed by atoms with Gasteiger partial charge in [-0.3, -0.25) is 0 Å². The number of fused-ring (bicyclic) bond motifs is 1. The molecule has 1 radical (unpaired) electrons. The van der Waals surface area contributed by atoms with Crippen molar-refractivity contribution in [2.24, 2.45) is 11.8 Å². The van der Waals surface area contributed by atoms with Crippen molar-refractivity contribution in [2.75, 3.05) is 13.1 Å². The summed E-state index contributed by atoms with van der Waals surface area (Å²) < 4.78 is 0. The van der Waals surface area contributed by atoms with Gasteiger partial charge in [0.1, 0.15) is 0 Å². The summed E-state index contributed by atoms with van der Waals surface area (Å²) in [5.74, 6) is 1.99. The third-order valence-electron chi connectivity index (χ3n) is 2.13. The van der Waals surface area contributed by atoms with Crippen molar-refractivity contribution in [1.82, 2.24) is 5.32 Å². The maximum atomic E-state index is 3.35. The van der Waals surface area contributed by atoms with Gasteiger partial charge in [-0.15, -0.1) is 0 Å². The molecule has 0 aromatic carbocycles. The largest absolute Gasteiger partial charge is 0.316 e. The van der Waals surface area contributed by atoms with E-state index in [1.54, 1.807) is 0 Å². The summed E-state index contributed by atoms with van der Waals surface area (Å²) in [6.07, 6.45) is 3.79. The van der Waals surface area contributed by atoms with Crippen molar-refractivity contribution in [3.63, 3.8) is 0 Å². The SMILES string of the molecule is [CH]1CC2CNCC12. The van der Waals surface area contributed by atoms with Gasteiger partial charge in [0.2, 0.25) is 0 Å². The molecule has 7 heavy (non-hydrogen) atoms. The summed E-state index contributed by atoms with van der Waals surface area (Å²) in [5, 5.41) is 3.35. The lowest BCUT2D eigenvalue weighted by atomic mass is 9.77. The van der Waals surface area contributed by atoms with Crippen LogP contribution in [0, 0.1) is 18.3 Å². The Bertz CT molecular complexity index is 70.2. The van der Waals surface area contributed by atoms with Crippen LogP contribution in [-0.2, 0) is 0 Å². The van der Waals surface area contributed by atoms with Crippen LogP contribution in [-0.4, -0.2) is 13.1 Å². The molecule has 1 heterocycles. The van der Waals surface area contributed by atoms with E-state index >= 15 is 0 Å². The minimum atomic E-state index is 0.958. The fourth-order valence-corrected chi connectivity index (χ4v) is 1.44. The average molecular weight is 96.2 g/mol. The quantitative estimate of drug-likeness (QED) is 0.461. The maximum absolute atomic E-state index is 3.35. The topological polar surface area (TPSA) is 12.0 Å². The van der Waals surface area contributed by atoms with E-state index in [2.05, 4.69) is 11.7 Å². The Morgan fingerprint density at radius 2 is 2.43 bits per heavy atom. The molecular formula is C6H10N. The fraction of sp³-hybridized carbons (Fsp3) is 0.833. The van der Waals surface area contributed by atoms with E-state index in [0.717, 1.165) is 11.8 Å². The Morgan fingerprint density at radius 1 is 1.43 bits per heavy atom. The first-order valence-electron chi connectivity index (χ1n) is 3.01. The van der Waals surface area contributed by atoms with E-state index in [-0.39, 0.29) is 0 Å². The number of nitrogens with one attached hydrogen (secondary N) is 1. The van der Waals surface area contributed by atoms with E-state index in [1.807, 2.05) is 0 Å². The van der Waals surface area contributed by atoms with Gasteiger partial charge in [-0.1, -0.05) is 0 Å². The van der Waals surface area contributed by atoms with Gasteiger partial charge in [0.15, 0.2) is 0 Å². The molecule has 2 atom stereocenters. The summed E-state index contributed by atoms with van der Waals surface area (Å²) in [6.45, 7) is 2.53. The van der Waals surface area contributed by atoms with Crippen LogP contribution in [0.1, 0.15) is 6.42 Å². The van der Waals surface area contributed by atoms with Gasteiger partial charge in [0.05, 0.1) is 0 Å². The molecule has 2 fully saturated rings. The van der Waals surface area contributed by atoms with Crippen molar-refractivity contribution >= 4 is 0 Å². The van der Waals surface area contributed by atoms with E-state index in [0.29, 0.717) is 0 Å². The first kappa shape index (κ1) is 3.90. The highest BCUT2D eigenvalue weighted by atomic mass is 14.9. The summed E-state index contributed by atoms with van der Waals surface area (Å²) >= 11 is 0. The summed E-state index contributed by atoms with van der Waals surface area (Å²) in [5.41, 5.74) is 0. The van der Waals surface area contributed by atoms with Crippen LogP contribution in [0.5, 0.6) is 0 Å².